The van der Waals surface area contributed by atoms with Crippen molar-refractivity contribution in [3.05, 3.63) is 35.4 Å². The normalized spacial score (nSPS) is 28.0. The second-order valence-corrected chi connectivity index (χ2v) is 7.45. The van der Waals surface area contributed by atoms with Gasteiger partial charge in [-0.15, -0.1) is 0 Å². The van der Waals surface area contributed by atoms with Crippen molar-refractivity contribution in [2.24, 2.45) is 5.92 Å². The van der Waals surface area contributed by atoms with E-state index in [1.807, 2.05) is 17.0 Å². The van der Waals surface area contributed by atoms with Gasteiger partial charge < -0.3 is 15.3 Å². The molecule has 4 rings (SSSR count). The highest BCUT2D eigenvalue weighted by Crippen LogP contribution is 2.41. The van der Waals surface area contributed by atoms with Gasteiger partial charge in [0.2, 0.25) is 0 Å². The van der Waals surface area contributed by atoms with E-state index in [-0.39, 0.29) is 12.0 Å². The molecule has 3 fully saturated rings. The summed E-state index contributed by atoms with van der Waals surface area (Å²) in [4.78, 5) is 14.3. The van der Waals surface area contributed by atoms with Crippen LogP contribution in [0.3, 0.4) is 0 Å². The van der Waals surface area contributed by atoms with Gasteiger partial charge in [0.15, 0.2) is 0 Å². The number of piperidine rings is 1. The lowest BCUT2D eigenvalue weighted by Gasteiger charge is -2.29. The lowest BCUT2D eigenvalue weighted by Crippen LogP contribution is -2.40. The number of likely N-dealkylation sites (tertiary alicyclic amines) is 1. The number of aliphatic hydroxyl groups excluding tert-OH is 1. The van der Waals surface area contributed by atoms with Crippen molar-refractivity contribution in [3.63, 3.8) is 0 Å². The number of aliphatic hydroxyl groups is 1. The first-order chi connectivity index (χ1) is 11.2. The summed E-state index contributed by atoms with van der Waals surface area (Å²) in [5, 5.41) is 13.2. The predicted octanol–water partition coefficient (Wildman–Crippen LogP) is 2.14. The molecule has 2 atom stereocenters. The van der Waals surface area contributed by atoms with Crippen LogP contribution in [0.5, 0.6) is 0 Å². The Kier molecular flexibility index (Phi) is 4.12. The molecule has 0 aromatic heterocycles. The molecule has 1 saturated heterocycles. The zero-order valence-electron chi connectivity index (χ0n) is 13.6. The molecular weight excluding hydrogens is 288 g/mol. The molecule has 1 aromatic rings. The zero-order chi connectivity index (χ0) is 15.8. The van der Waals surface area contributed by atoms with Crippen LogP contribution in [0.4, 0.5) is 0 Å². The highest BCUT2D eigenvalue weighted by atomic mass is 16.3. The first-order valence-electron chi connectivity index (χ1n) is 9.01. The molecule has 3 aliphatic rings. The minimum atomic E-state index is -0.239. The summed E-state index contributed by atoms with van der Waals surface area (Å²) in [6.07, 6.45) is 5.17. The van der Waals surface area contributed by atoms with Crippen LogP contribution < -0.4 is 5.32 Å². The van der Waals surface area contributed by atoms with Crippen LogP contribution in [0.15, 0.2) is 24.3 Å². The van der Waals surface area contributed by atoms with E-state index in [9.17, 15) is 9.90 Å². The summed E-state index contributed by atoms with van der Waals surface area (Å²) in [5.74, 6) is 1.66. The molecule has 0 bridgehead atoms. The van der Waals surface area contributed by atoms with E-state index in [2.05, 4.69) is 17.4 Å². The van der Waals surface area contributed by atoms with Crippen LogP contribution >= 0.6 is 0 Å². The highest BCUT2D eigenvalue weighted by Gasteiger charge is 2.39. The van der Waals surface area contributed by atoms with Crippen molar-refractivity contribution in [1.29, 1.82) is 0 Å². The largest absolute Gasteiger partial charge is 0.393 e. The smallest absolute Gasteiger partial charge is 0.253 e. The van der Waals surface area contributed by atoms with Crippen molar-refractivity contribution >= 4 is 5.91 Å². The number of hydrogen-bond acceptors (Lipinski definition) is 3. The number of nitrogens with zero attached hydrogens (tertiary/aromatic N) is 1. The Morgan fingerprint density at radius 3 is 2.48 bits per heavy atom. The SMILES string of the molecule is O=C(c1ccc([C@@H]2C[C@H]2NCC2CC2)cc1)N1CCC(O)CC1. The van der Waals surface area contributed by atoms with Crippen molar-refractivity contribution in [3.8, 4) is 0 Å². The van der Waals surface area contributed by atoms with Gasteiger partial charge in [-0.2, -0.15) is 0 Å². The maximum Gasteiger partial charge on any atom is 0.253 e. The molecule has 1 amide bonds. The standard InChI is InChI=1S/C19H26N2O2/c22-16-7-9-21(10-8-16)19(23)15-5-3-14(4-6-15)17-11-18(17)20-12-13-1-2-13/h3-6,13,16-18,20,22H,1-2,7-12H2/t17-,18+/m0/s1. The Hall–Kier alpha value is -1.39. The Labute approximate surface area is 137 Å². The van der Waals surface area contributed by atoms with Gasteiger partial charge in [0.25, 0.3) is 5.91 Å². The van der Waals surface area contributed by atoms with Crippen LogP contribution in [0.2, 0.25) is 0 Å². The molecule has 4 nitrogen and oxygen atoms in total. The third-order valence-corrected chi connectivity index (χ3v) is 5.49. The number of hydrogen-bond donors (Lipinski definition) is 2. The average Bonchev–Trinajstić information content (AvgIpc) is 3.47. The first-order valence-corrected chi connectivity index (χ1v) is 9.01. The fourth-order valence-electron chi connectivity index (χ4n) is 3.55. The van der Waals surface area contributed by atoms with Crippen LogP contribution in [-0.2, 0) is 0 Å². The van der Waals surface area contributed by atoms with Gasteiger partial charge in [0.05, 0.1) is 6.10 Å². The number of amides is 1. The molecule has 1 heterocycles. The maximum absolute atomic E-state index is 12.5. The van der Waals surface area contributed by atoms with E-state index in [1.54, 1.807) is 0 Å². The van der Waals surface area contributed by atoms with Gasteiger partial charge in [0.1, 0.15) is 0 Å². The molecular formula is C19H26N2O2. The summed E-state index contributed by atoms with van der Waals surface area (Å²) < 4.78 is 0. The summed E-state index contributed by atoms with van der Waals surface area (Å²) in [6, 6.07) is 8.82. The maximum atomic E-state index is 12.5. The summed E-state index contributed by atoms with van der Waals surface area (Å²) in [7, 11) is 0. The van der Waals surface area contributed by atoms with E-state index in [1.165, 1.54) is 31.4 Å². The minimum absolute atomic E-state index is 0.0997. The van der Waals surface area contributed by atoms with Gasteiger partial charge in [-0.25, -0.2) is 0 Å². The molecule has 0 spiro atoms. The number of nitrogens with one attached hydrogen (secondary N) is 1. The van der Waals surface area contributed by atoms with Crippen molar-refractivity contribution in [1.82, 2.24) is 10.2 Å². The molecule has 4 heteroatoms. The Morgan fingerprint density at radius 2 is 1.83 bits per heavy atom. The molecule has 2 aliphatic carbocycles. The van der Waals surface area contributed by atoms with Gasteiger partial charge in [-0.05, 0) is 62.3 Å². The second kappa shape index (κ2) is 6.25. The average molecular weight is 314 g/mol. The fraction of sp³-hybridized carbons (Fsp3) is 0.632. The van der Waals surface area contributed by atoms with E-state index >= 15 is 0 Å². The van der Waals surface area contributed by atoms with Crippen LogP contribution in [0.25, 0.3) is 0 Å². The molecule has 1 aromatic carbocycles. The first kappa shape index (κ1) is 15.2. The highest BCUT2D eigenvalue weighted by molar-refractivity contribution is 5.94. The Balaban J connectivity index is 1.32. The molecule has 2 N–H and O–H groups in total. The van der Waals surface area contributed by atoms with Gasteiger partial charge in [0, 0.05) is 30.6 Å². The Bertz CT molecular complexity index is 559. The molecule has 124 valence electrons. The molecule has 23 heavy (non-hydrogen) atoms. The number of benzene rings is 1. The topological polar surface area (TPSA) is 52.6 Å². The second-order valence-electron chi connectivity index (χ2n) is 7.45. The lowest BCUT2D eigenvalue weighted by molar-refractivity contribution is 0.0546. The van der Waals surface area contributed by atoms with Crippen LogP contribution in [0.1, 0.15) is 53.9 Å². The summed E-state index contributed by atoms with van der Waals surface area (Å²) in [5.41, 5.74) is 2.12. The van der Waals surface area contributed by atoms with E-state index in [0.717, 1.165) is 11.5 Å². The monoisotopic (exact) mass is 314 g/mol. The van der Waals surface area contributed by atoms with Crippen molar-refractivity contribution in [2.45, 2.75) is 50.2 Å². The van der Waals surface area contributed by atoms with E-state index < -0.39 is 0 Å². The molecule has 1 aliphatic heterocycles. The van der Waals surface area contributed by atoms with Crippen LogP contribution in [0, 0.1) is 5.92 Å². The van der Waals surface area contributed by atoms with Crippen LogP contribution in [-0.4, -0.2) is 47.7 Å². The summed E-state index contributed by atoms with van der Waals surface area (Å²) >= 11 is 0. The third-order valence-electron chi connectivity index (χ3n) is 5.49. The van der Waals surface area contributed by atoms with Crippen molar-refractivity contribution in [2.75, 3.05) is 19.6 Å². The lowest BCUT2D eigenvalue weighted by atomic mass is 10.0. The summed E-state index contributed by atoms with van der Waals surface area (Å²) in [6.45, 7) is 2.51. The van der Waals surface area contributed by atoms with Gasteiger partial charge in [-0.1, -0.05) is 12.1 Å². The third kappa shape index (κ3) is 3.59. The fourth-order valence-corrected chi connectivity index (χ4v) is 3.55. The number of carbonyl (C=O) groups excluding carboxylic acids is 1. The van der Waals surface area contributed by atoms with Gasteiger partial charge in [-0.3, -0.25) is 4.79 Å². The number of rotatable bonds is 5. The molecule has 0 radical (unpaired) electrons. The predicted molar refractivity (Wildman–Crippen MR) is 89.5 cm³/mol. The quantitative estimate of drug-likeness (QED) is 0.875. The van der Waals surface area contributed by atoms with E-state index in [0.29, 0.717) is 37.9 Å². The van der Waals surface area contributed by atoms with Crippen molar-refractivity contribution < 1.29 is 9.90 Å². The Morgan fingerprint density at radius 1 is 1.13 bits per heavy atom. The minimum Gasteiger partial charge on any atom is -0.393 e. The van der Waals surface area contributed by atoms with E-state index in [4.69, 9.17) is 0 Å². The number of carbonyl (C=O) groups is 1. The zero-order valence-corrected chi connectivity index (χ0v) is 13.6. The van der Waals surface area contributed by atoms with Gasteiger partial charge >= 0.3 is 0 Å². The molecule has 0 unspecified atom stereocenters. The molecule has 2 saturated carbocycles.